The first-order chi connectivity index (χ1) is 22.9. The van der Waals surface area contributed by atoms with Crippen LogP contribution in [-0.2, 0) is 9.59 Å². The molecular formula is C39H32N4O3S. The second kappa shape index (κ2) is 14.5. The molecule has 0 bridgehead atoms. The van der Waals surface area contributed by atoms with Crippen LogP contribution in [0.5, 0.6) is 0 Å². The first kappa shape index (κ1) is 31.1. The van der Waals surface area contributed by atoms with Crippen molar-refractivity contribution in [2.45, 2.75) is 17.1 Å². The third kappa shape index (κ3) is 7.69. The highest BCUT2D eigenvalue weighted by molar-refractivity contribution is 8.00. The van der Waals surface area contributed by atoms with Crippen LogP contribution >= 0.6 is 11.8 Å². The highest BCUT2D eigenvalue weighted by Gasteiger charge is 2.23. The maximum Gasteiger partial charge on any atom is 0.272 e. The number of carbonyl (C=O) groups is 3. The van der Waals surface area contributed by atoms with Gasteiger partial charge in [-0.05, 0) is 72.7 Å². The molecule has 47 heavy (non-hydrogen) atoms. The minimum atomic E-state index is -0.504. The summed E-state index contributed by atoms with van der Waals surface area (Å²) in [5, 5.41) is 9.20. The fraction of sp³-hybridized carbons (Fsp3) is 0.0513. The highest BCUT2D eigenvalue weighted by Crippen LogP contribution is 2.37. The number of nitrogens with one attached hydrogen (secondary N) is 4. The summed E-state index contributed by atoms with van der Waals surface area (Å²) in [4.78, 5) is 44.3. The number of H-pyrrole nitrogens is 1. The number of fused-ring (bicyclic) bond motifs is 1. The number of carbonyl (C=O) groups excluding carboxylic acids is 3. The molecule has 232 valence electrons. The molecule has 1 heterocycles. The molecular weight excluding hydrogens is 605 g/mol. The third-order valence-corrected chi connectivity index (χ3v) is 8.83. The standard InChI is InChI=1S/C39H32N4O3S/c1-26-12-8-10-18-33(26)42-39(46)36(27-13-4-2-5-14-27)47-31-22-20-30(21-23-31)41-38(45)35(43-37(44)28-15-6-3-7-16-28)24-29-25-40-34-19-11-9-17-32(29)34/h2-25,36,40H,1H3,(H,41,45)(H,42,46)(H,43,44)/b35-24-/t36-/m0/s1. The topological polar surface area (TPSA) is 103 Å². The average molecular weight is 637 g/mol. The van der Waals surface area contributed by atoms with Crippen LogP contribution in [0.15, 0.2) is 150 Å². The number of amides is 3. The normalized spacial score (nSPS) is 11.9. The zero-order valence-electron chi connectivity index (χ0n) is 25.6. The average Bonchev–Trinajstić information content (AvgIpc) is 3.52. The molecule has 0 radical (unpaired) electrons. The largest absolute Gasteiger partial charge is 0.361 e. The molecule has 0 aliphatic rings. The summed E-state index contributed by atoms with van der Waals surface area (Å²) >= 11 is 1.42. The molecule has 3 amide bonds. The zero-order chi connectivity index (χ0) is 32.6. The van der Waals surface area contributed by atoms with Gasteiger partial charge < -0.3 is 20.9 Å². The first-order valence-corrected chi connectivity index (χ1v) is 16.0. The lowest BCUT2D eigenvalue weighted by Gasteiger charge is -2.18. The predicted octanol–water partition coefficient (Wildman–Crippen LogP) is 8.36. The number of aromatic nitrogens is 1. The van der Waals surface area contributed by atoms with Gasteiger partial charge in [-0.3, -0.25) is 14.4 Å². The van der Waals surface area contributed by atoms with Crippen LogP contribution in [0, 0.1) is 6.92 Å². The monoisotopic (exact) mass is 636 g/mol. The summed E-state index contributed by atoms with van der Waals surface area (Å²) in [5.74, 6) is -0.997. The molecule has 6 aromatic rings. The number of rotatable bonds is 10. The van der Waals surface area contributed by atoms with Crippen LogP contribution in [0.2, 0.25) is 0 Å². The van der Waals surface area contributed by atoms with E-state index in [-0.39, 0.29) is 11.6 Å². The van der Waals surface area contributed by atoms with E-state index in [1.165, 1.54) is 11.8 Å². The fourth-order valence-corrected chi connectivity index (χ4v) is 6.10. The molecule has 0 aliphatic carbocycles. The number of hydrogen-bond acceptors (Lipinski definition) is 4. The van der Waals surface area contributed by atoms with Crippen LogP contribution in [0.25, 0.3) is 17.0 Å². The van der Waals surface area contributed by atoms with Crippen molar-refractivity contribution in [2.75, 3.05) is 10.6 Å². The number of anilines is 2. The van der Waals surface area contributed by atoms with E-state index in [1.54, 1.807) is 48.7 Å². The van der Waals surface area contributed by atoms with Crippen molar-refractivity contribution in [3.63, 3.8) is 0 Å². The second-order valence-electron chi connectivity index (χ2n) is 10.9. The van der Waals surface area contributed by atoms with Crippen molar-refractivity contribution < 1.29 is 14.4 Å². The van der Waals surface area contributed by atoms with E-state index in [0.29, 0.717) is 11.3 Å². The molecule has 6 rings (SSSR count). The molecule has 4 N–H and O–H groups in total. The van der Waals surface area contributed by atoms with Crippen molar-refractivity contribution in [3.05, 3.63) is 168 Å². The quantitative estimate of drug-likeness (QED) is 0.0896. The van der Waals surface area contributed by atoms with Gasteiger partial charge in [-0.25, -0.2) is 0 Å². The Labute approximate surface area is 277 Å². The lowest BCUT2D eigenvalue weighted by atomic mass is 10.1. The van der Waals surface area contributed by atoms with E-state index in [2.05, 4.69) is 20.9 Å². The molecule has 7 nitrogen and oxygen atoms in total. The molecule has 1 atom stereocenters. The Balaban J connectivity index is 1.21. The van der Waals surface area contributed by atoms with Crippen molar-refractivity contribution in [1.82, 2.24) is 10.3 Å². The van der Waals surface area contributed by atoms with E-state index in [1.807, 2.05) is 104 Å². The summed E-state index contributed by atoms with van der Waals surface area (Å²) in [6, 6.07) is 41.1. The summed E-state index contributed by atoms with van der Waals surface area (Å²) < 4.78 is 0. The van der Waals surface area contributed by atoms with Crippen molar-refractivity contribution in [2.24, 2.45) is 0 Å². The molecule has 0 aliphatic heterocycles. The van der Waals surface area contributed by atoms with Gasteiger partial charge in [0.15, 0.2) is 0 Å². The van der Waals surface area contributed by atoms with E-state index >= 15 is 0 Å². The SMILES string of the molecule is Cc1ccccc1NC(=O)[C@@H](Sc1ccc(NC(=O)/C(=C/c2c[nH]c3ccccc23)NC(=O)c2ccccc2)cc1)c1ccccc1. The highest BCUT2D eigenvalue weighted by atomic mass is 32.2. The van der Waals surface area contributed by atoms with Gasteiger partial charge in [0.05, 0.1) is 0 Å². The lowest BCUT2D eigenvalue weighted by Crippen LogP contribution is -2.30. The van der Waals surface area contributed by atoms with Crippen molar-refractivity contribution in [3.8, 4) is 0 Å². The number of benzene rings is 5. The summed E-state index contributed by atoms with van der Waals surface area (Å²) in [6.07, 6.45) is 3.47. The van der Waals surface area contributed by atoms with Crippen LogP contribution in [0.1, 0.15) is 32.3 Å². The Bertz CT molecular complexity index is 2060. The molecule has 0 saturated carbocycles. The van der Waals surface area contributed by atoms with Crippen LogP contribution in [0.4, 0.5) is 11.4 Å². The fourth-order valence-electron chi connectivity index (χ4n) is 5.07. The van der Waals surface area contributed by atoms with Crippen molar-refractivity contribution >= 4 is 57.8 Å². The van der Waals surface area contributed by atoms with Gasteiger partial charge in [-0.1, -0.05) is 84.9 Å². The zero-order valence-corrected chi connectivity index (χ0v) is 26.4. The Morgan fingerprint density at radius 1 is 0.723 bits per heavy atom. The Morgan fingerprint density at radius 2 is 1.38 bits per heavy atom. The lowest BCUT2D eigenvalue weighted by molar-refractivity contribution is -0.116. The predicted molar refractivity (Wildman–Crippen MR) is 190 cm³/mol. The smallest absolute Gasteiger partial charge is 0.272 e. The third-order valence-electron chi connectivity index (χ3n) is 7.56. The van der Waals surface area contributed by atoms with E-state index in [0.717, 1.165) is 38.2 Å². The second-order valence-corrected chi connectivity index (χ2v) is 12.0. The van der Waals surface area contributed by atoms with Crippen LogP contribution < -0.4 is 16.0 Å². The summed E-state index contributed by atoms with van der Waals surface area (Å²) in [5.41, 5.74) is 5.39. The Kier molecular flexibility index (Phi) is 9.60. The van der Waals surface area contributed by atoms with Crippen LogP contribution in [0.3, 0.4) is 0 Å². The van der Waals surface area contributed by atoms with Gasteiger partial charge in [0.1, 0.15) is 10.9 Å². The first-order valence-electron chi connectivity index (χ1n) is 15.1. The van der Waals surface area contributed by atoms with Gasteiger partial charge in [0.25, 0.3) is 11.8 Å². The van der Waals surface area contributed by atoms with Gasteiger partial charge in [0.2, 0.25) is 5.91 Å². The maximum atomic E-state index is 13.6. The summed E-state index contributed by atoms with van der Waals surface area (Å²) in [6.45, 7) is 1.96. The number of thioether (sulfide) groups is 1. The summed E-state index contributed by atoms with van der Waals surface area (Å²) in [7, 11) is 0. The molecule has 5 aromatic carbocycles. The Hall–Kier alpha value is -5.86. The minimum Gasteiger partial charge on any atom is -0.361 e. The van der Waals surface area contributed by atoms with Gasteiger partial charge in [0, 0.05) is 44.5 Å². The molecule has 0 unspecified atom stereocenters. The Morgan fingerprint density at radius 3 is 2.13 bits per heavy atom. The number of hydrogen-bond donors (Lipinski definition) is 4. The van der Waals surface area contributed by atoms with E-state index in [9.17, 15) is 14.4 Å². The molecule has 8 heteroatoms. The van der Waals surface area contributed by atoms with Crippen molar-refractivity contribution in [1.29, 1.82) is 0 Å². The number of para-hydroxylation sites is 2. The molecule has 0 saturated heterocycles. The van der Waals surface area contributed by atoms with E-state index < -0.39 is 17.1 Å². The molecule has 1 aromatic heterocycles. The molecule has 0 fully saturated rings. The molecule has 0 spiro atoms. The van der Waals surface area contributed by atoms with Gasteiger partial charge in [-0.2, -0.15) is 0 Å². The number of aromatic amines is 1. The maximum absolute atomic E-state index is 13.6. The van der Waals surface area contributed by atoms with Crippen LogP contribution in [-0.4, -0.2) is 22.7 Å². The van der Waals surface area contributed by atoms with Gasteiger partial charge >= 0.3 is 0 Å². The minimum absolute atomic E-state index is 0.0964. The van der Waals surface area contributed by atoms with Gasteiger partial charge in [-0.15, -0.1) is 11.8 Å². The number of aryl methyl sites for hydroxylation is 1. The van der Waals surface area contributed by atoms with E-state index in [4.69, 9.17) is 0 Å².